The highest BCUT2D eigenvalue weighted by Gasteiger charge is 2.36. The van der Waals surface area contributed by atoms with Crippen LogP contribution in [0.4, 0.5) is 16.2 Å². The van der Waals surface area contributed by atoms with Gasteiger partial charge in [-0.15, -0.1) is 0 Å². The number of imide groups is 1. The summed E-state index contributed by atoms with van der Waals surface area (Å²) in [5, 5.41) is 10.6. The van der Waals surface area contributed by atoms with Crippen LogP contribution >= 0.6 is 23.4 Å². The fourth-order valence-electron chi connectivity index (χ4n) is 2.79. The standard InChI is InChI=1S/C20H11ClN2O5S/c21-16-10-13(23(26)27)6-8-15(16)17-9-7-14(28-17)11-18-19(24)22(20(25)29-18)12-4-2-1-3-5-12/h1-11H. The zero-order valence-electron chi connectivity index (χ0n) is 14.6. The van der Waals surface area contributed by atoms with Crippen molar-refractivity contribution in [3.8, 4) is 11.3 Å². The molecule has 0 spiro atoms. The van der Waals surface area contributed by atoms with Gasteiger partial charge in [0.05, 0.1) is 20.5 Å². The van der Waals surface area contributed by atoms with E-state index in [1.165, 1.54) is 24.3 Å². The average molecular weight is 427 g/mol. The number of benzene rings is 2. The normalized spacial score (nSPS) is 15.3. The molecule has 0 saturated carbocycles. The van der Waals surface area contributed by atoms with E-state index in [2.05, 4.69) is 0 Å². The van der Waals surface area contributed by atoms with Crippen molar-refractivity contribution < 1.29 is 18.9 Å². The molecule has 9 heteroatoms. The molecule has 0 bridgehead atoms. The minimum absolute atomic E-state index is 0.125. The highest BCUT2D eigenvalue weighted by Crippen LogP contribution is 2.37. The van der Waals surface area contributed by atoms with E-state index in [0.717, 1.165) is 16.7 Å². The zero-order chi connectivity index (χ0) is 20.5. The molecule has 0 atom stereocenters. The Morgan fingerprint density at radius 3 is 2.52 bits per heavy atom. The largest absolute Gasteiger partial charge is 0.457 e. The van der Waals surface area contributed by atoms with Gasteiger partial charge in [0.2, 0.25) is 0 Å². The van der Waals surface area contributed by atoms with Gasteiger partial charge in [-0.05, 0) is 42.1 Å². The predicted octanol–water partition coefficient (Wildman–Crippen LogP) is 5.75. The number of carbonyl (C=O) groups excluding carboxylic acids is 2. The highest BCUT2D eigenvalue weighted by molar-refractivity contribution is 8.19. The van der Waals surface area contributed by atoms with Crippen LogP contribution < -0.4 is 4.90 Å². The van der Waals surface area contributed by atoms with E-state index >= 15 is 0 Å². The molecule has 7 nitrogen and oxygen atoms in total. The molecular formula is C20H11ClN2O5S. The van der Waals surface area contributed by atoms with E-state index in [4.69, 9.17) is 16.0 Å². The topological polar surface area (TPSA) is 93.7 Å². The number of carbonyl (C=O) groups is 2. The molecule has 4 rings (SSSR count). The van der Waals surface area contributed by atoms with Crippen LogP contribution in [0.3, 0.4) is 0 Å². The summed E-state index contributed by atoms with van der Waals surface area (Å²) in [6.07, 6.45) is 1.48. The molecule has 2 aromatic carbocycles. The monoisotopic (exact) mass is 426 g/mol. The quantitative estimate of drug-likeness (QED) is 0.299. The number of para-hydroxylation sites is 1. The maximum absolute atomic E-state index is 12.6. The Bertz CT molecular complexity index is 1170. The summed E-state index contributed by atoms with van der Waals surface area (Å²) < 4.78 is 5.71. The number of halogens is 1. The Hall–Kier alpha value is -3.36. The molecule has 1 aliphatic heterocycles. The SMILES string of the molecule is O=C1SC(=Cc2ccc(-c3ccc([N+](=O)[O-])cc3Cl)o2)C(=O)N1c1ccccc1. The maximum atomic E-state index is 12.6. The van der Waals surface area contributed by atoms with Crippen LogP contribution in [0.2, 0.25) is 5.02 Å². The Morgan fingerprint density at radius 1 is 1.07 bits per heavy atom. The Labute approximate surface area is 173 Å². The van der Waals surface area contributed by atoms with Crippen molar-refractivity contribution in [2.45, 2.75) is 0 Å². The maximum Gasteiger partial charge on any atom is 0.298 e. The molecule has 0 unspecified atom stereocenters. The summed E-state index contributed by atoms with van der Waals surface area (Å²) in [4.78, 5) is 36.5. The Kier molecular flexibility index (Phi) is 4.96. The second kappa shape index (κ2) is 7.57. The lowest BCUT2D eigenvalue weighted by Gasteiger charge is -2.11. The van der Waals surface area contributed by atoms with E-state index < -0.39 is 16.1 Å². The number of hydrogen-bond acceptors (Lipinski definition) is 6. The van der Waals surface area contributed by atoms with E-state index in [-0.39, 0.29) is 15.6 Å². The molecule has 29 heavy (non-hydrogen) atoms. The van der Waals surface area contributed by atoms with Crippen LogP contribution in [0.15, 0.2) is 70.0 Å². The van der Waals surface area contributed by atoms with Crippen molar-refractivity contribution in [2.24, 2.45) is 0 Å². The van der Waals surface area contributed by atoms with Crippen molar-refractivity contribution in [2.75, 3.05) is 4.90 Å². The van der Waals surface area contributed by atoms with Crippen molar-refractivity contribution in [3.05, 3.63) is 86.5 Å². The molecule has 0 N–H and O–H groups in total. The first-order valence-electron chi connectivity index (χ1n) is 8.31. The molecule has 2 heterocycles. The highest BCUT2D eigenvalue weighted by atomic mass is 35.5. The van der Waals surface area contributed by atoms with Gasteiger partial charge in [-0.1, -0.05) is 29.8 Å². The number of rotatable bonds is 4. The lowest BCUT2D eigenvalue weighted by Crippen LogP contribution is -2.27. The van der Waals surface area contributed by atoms with Crippen molar-refractivity contribution in [1.82, 2.24) is 0 Å². The van der Waals surface area contributed by atoms with Gasteiger partial charge in [0.25, 0.3) is 16.8 Å². The Morgan fingerprint density at radius 2 is 1.83 bits per heavy atom. The molecule has 0 radical (unpaired) electrons. The molecule has 1 aliphatic rings. The molecule has 1 saturated heterocycles. The molecule has 1 aromatic heterocycles. The van der Waals surface area contributed by atoms with Crippen LogP contribution in [0.25, 0.3) is 17.4 Å². The smallest absolute Gasteiger partial charge is 0.298 e. The zero-order valence-corrected chi connectivity index (χ0v) is 16.1. The number of non-ortho nitro benzene ring substituents is 1. The number of nitrogens with zero attached hydrogens (tertiary/aromatic N) is 2. The molecule has 2 amide bonds. The van der Waals surface area contributed by atoms with Crippen LogP contribution in [0.5, 0.6) is 0 Å². The summed E-state index contributed by atoms with van der Waals surface area (Å²) >= 11 is 6.95. The number of amides is 2. The number of anilines is 1. The minimum atomic E-state index is -0.536. The first-order valence-corrected chi connectivity index (χ1v) is 9.50. The fourth-order valence-corrected chi connectivity index (χ4v) is 3.88. The third-order valence-electron chi connectivity index (χ3n) is 4.14. The molecule has 3 aromatic rings. The average Bonchev–Trinajstić information content (AvgIpc) is 3.27. The van der Waals surface area contributed by atoms with Gasteiger partial charge in [-0.3, -0.25) is 19.7 Å². The summed E-state index contributed by atoms with van der Waals surface area (Å²) in [5.41, 5.74) is 0.852. The lowest BCUT2D eigenvalue weighted by atomic mass is 10.1. The third kappa shape index (κ3) is 3.67. The second-order valence-electron chi connectivity index (χ2n) is 5.98. The van der Waals surface area contributed by atoms with Crippen LogP contribution in [-0.4, -0.2) is 16.1 Å². The number of nitro benzene ring substituents is 1. The number of hydrogen-bond donors (Lipinski definition) is 0. The molecule has 1 fully saturated rings. The first kappa shape index (κ1) is 19.0. The fraction of sp³-hybridized carbons (Fsp3) is 0. The number of furan rings is 1. The van der Waals surface area contributed by atoms with Gasteiger partial charge in [0, 0.05) is 23.8 Å². The van der Waals surface area contributed by atoms with E-state index in [1.807, 2.05) is 0 Å². The van der Waals surface area contributed by atoms with Gasteiger partial charge in [0.15, 0.2) is 0 Å². The second-order valence-corrected chi connectivity index (χ2v) is 7.38. The Balaban J connectivity index is 1.61. The van der Waals surface area contributed by atoms with Crippen LogP contribution in [-0.2, 0) is 4.79 Å². The minimum Gasteiger partial charge on any atom is -0.457 e. The van der Waals surface area contributed by atoms with E-state index in [9.17, 15) is 19.7 Å². The van der Waals surface area contributed by atoms with Gasteiger partial charge in [-0.2, -0.15) is 0 Å². The van der Waals surface area contributed by atoms with Crippen LogP contribution in [0.1, 0.15) is 5.76 Å². The van der Waals surface area contributed by atoms with Crippen molar-refractivity contribution in [3.63, 3.8) is 0 Å². The summed E-state index contributed by atoms with van der Waals surface area (Å²) in [7, 11) is 0. The summed E-state index contributed by atoms with van der Waals surface area (Å²) in [6, 6.07) is 16.0. The number of nitro groups is 1. The third-order valence-corrected chi connectivity index (χ3v) is 5.32. The molecule has 0 aliphatic carbocycles. The van der Waals surface area contributed by atoms with Gasteiger partial charge >= 0.3 is 0 Å². The van der Waals surface area contributed by atoms with Gasteiger partial charge in [0.1, 0.15) is 11.5 Å². The van der Waals surface area contributed by atoms with E-state index in [0.29, 0.717) is 22.8 Å². The van der Waals surface area contributed by atoms with Crippen molar-refractivity contribution >= 4 is 52.0 Å². The molecular weight excluding hydrogens is 416 g/mol. The number of thioether (sulfide) groups is 1. The predicted molar refractivity (Wildman–Crippen MR) is 111 cm³/mol. The lowest BCUT2D eigenvalue weighted by molar-refractivity contribution is -0.384. The summed E-state index contributed by atoms with van der Waals surface area (Å²) in [6.45, 7) is 0. The van der Waals surface area contributed by atoms with E-state index in [1.54, 1.807) is 42.5 Å². The van der Waals surface area contributed by atoms with Gasteiger partial charge < -0.3 is 4.42 Å². The first-order chi connectivity index (χ1) is 13.9. The van der Waals surface area contributed by atoms with Crippen molar-refractivity contribution in [1.29, 1.82) is 0 Å². The van der Waals surface area contributed by atoms with Gasteiger partial charge in [-0.25, -0.2) is 4.90 Å². The molecule has 144 valence electrons. The summed E-state index contributed by atoms with van der Waals surface area (Å²) in [5.74, 6) is 0.309. The van der Waals surface area contributed by atoms with Crippen LogP contribution in [0, 0.1) is 10.1 Å².